The number of aromatic nitrogens is 2. The molecule has 4 rings (SSSR count). The first-order chi connectivity index (χ1) is 13.7. The summed E-state index contributed by atoms with van der Waals surface area (Å²) in [5, 5.41) is 4.20. The molecular weight excluding hydrogens is 388 g/mol. The molecule has 1 aromatic heterocycles. The van der Waals surface area contributed by atoms with E-state index >= 15 is 0 Å². The summed E-state index contributed by atoms with van der Waals surface area (Å²) in [5.74, 6) is -4.68. The lowest BCUT2D eigenvalue weighted by Gasteiger charge is -2.37. The monoisotopic (exact) mass is 404 g/mol. The summed E-state index contributed by atoms with van der Waals surface area (Å²) in [5.41, 5.74) is 4.59. The van der Waals surface area contributed by atoms with Crippen LogP contribution in [-0.2, 0) is 10.3 Å². The average molecular weight is 404 g/mol. The van der Waals surface area contributed by atoms with Crippen LogP contribution in [0.2, 0.25) is 0 Å². The molecule has 0 amide bonds. The van der Waals surface area contributed by atoms with Crippen molar-refractivity contribution in [2.75, 3.05) is 6.61 Å². The first-order valence-electron chi connectivity index (χ1n) is 8.66. The van der Waals surface area contributed by atoms with Gasteiger partial charge in [-0.25, -0.2) is 18.5 Å². The molecule has 0 bridgehead atoms. The number of nitrogens with zero attached hydrogens (tertiary/aromatic N) is 3. The van der Waals surface area contributed by atoms with Crippen molar-refractivity contribution in [3.05, 3.63) is 72.1 Å². The zero-order valence-corrected chi connectivity index (χ0v) is 15.2. The Hall–Kier alpha value is -3.36. The van der Waals surface area contributed by atoms with Gasteiger partial charge in [0.1, 0.15) is 11.6 Å². The van der Waals surface area contributed by atoms with Gasteiger partial charge in [0.15, 0.2) is 12.1 Å². The summed E-state index contributed by atoms with van der Waals surface area (Å²) in [6.45, 7) is 0.123. The molecule has 5 nitrogen and oxygen atoms in total. The predicted molar refractivity (Wildman–Crippen MR) is 98.8 cm³/mol. The second-order valence-electron chi connectivity index (χ2n) is 6.86. The third-order valence-corrected chi connectivity index (χ3v) is 4.95. The number of rotatable bonds is 3. The highest BCUT2D eigenvalue weighted by Crippen LogP contribution is 2.45. The lowest BCUT2D eigenvalue weighted by atomic mass is 9.84. The van der Waals surface area contributed by atoms with E-state index in [4.69, 9.17) is 5.73 Å². The Balaban J connectivity index is 1.77. The van der Waals surface area contributed by atoms with Crippen LogP contribution in [0.1, 0.15) is 12.5 Å². The Kier molecular flexibility index (Phi) is 4.33. The summed E-state index contributed by atoms with van der Waals surface area (Å²) < 4.78 is 63.0. The molecule has 29 heavy (non-hydrogen) atoms. The van der Waals surface area contributed by atoms with E-state index in [-0.39, 0.29) is 11.4 Å². The standard InChI is InChI=1S/C20H16F4N4O/c1-19(20(23,24)11-29-18(25)27-19)16-8-12(2-7-17(16)22)13-9-26-28(10-13)15-5-3-14(21)4-6-15/h2-10H,11H2,1H3,(H2,25,27). The average Bonchev–Trinajstić information content (AvgIpc) is 3.16. The van der Waals surface area contributed by atoms with Gasteiger partial charge in [-0.3, -0.25) is 0 Å². The molecule has 1 atom stereocenters. The molecular formula is C20H16F4N4O. The second kappa shape index (κ2) is 6.61. The highest BCUT2D eigenvalue weighted by molar-refractivity contribution is 5.73. The molecule has 1 aliphatic rings. The molecule has 2 heterocycles. The summed E-state index contributed by atoms with van der Waals surface area (Å²) in [6, 6.07) is 9.12. The maximum atomic E-state index is 14.6. The van der Waals surface area contributed by atoms with Crippen molar-refractivity contribution >= 4 is 6.02 Å². The fourth-order valence-corrected chi connectivity index (χ4v) is 3.18. The van der Waals surface area contributed by atoms with E-state index in [1.165, 1.54) is 35.1 Å². The molecule has 1 aliphatic heterocycles. The number of hydrogen-bond acceptors (Lipinski definition) is 4. The fourth-order valence-electron chi connectivity index (χ4n) is 3.18. The van der Waals surface area contributed by atoms with E-state index in [0.29, 0.717) is 16.8 Å². The molecule has 0 aliphatic carbocycles. The van der Waals surface area contributed by atoms with Crippen molar-refractivity contribution in [2.24, 2.45) is 10.7 Å². The minimum absolute atomic E-state index is 0.305. The van der Waals surface area contributed by atoms with Gasteiger partial charge in [-0.15, -0.1) is 0 Å². The normalized spacial score (nSPS) is 20.8. The van der Waals surface area contributed by atoms with Crippen molar-refractivity contribution in [3.63, 3.8) is 0 Å². The van der Waals surface area contributed by atoms with Gasteiger partial charge < -0.3 is 10.5 Å². The third-order valence-electron chi connectivity index (χ3n) is 4.95. The van der Waals surface area contributed by atoms with Crippen LogP contribution in [0.15, 0.2) is 59.9 Å². The Morgan fingerprint density at radius 3 is 2.52 bits per heavy atom. The first-order valence-corrected chi connectivity index (χ1v) is 8.66. The van der Waals surface area contributed by atoms with Gasteiger partial charge in [-0.2, -0.15) is 13.9 Å². The first kappa shape index (κ1) is 19.0. The van der Waals surface area contributed by atoms with Crippen LogP contribution in [-0.4, -0.2) is 28.3 Å². The van der Waals surface area contributed by atoms with E-state index in [1.54, 1.807) is 18.3 Å². The smallest absolute Gasteiger partial charge is 0.310 e. The van der Waals surface area contributed by atoms with Crippen molar-refractivity contribution in [1.29, 1.82) is 0 Å². The van der Waals surface area contributed by atoms with E-state index in [2.05, 4.69) is 14.8 Å². The molecule has 3 aromatic rings. The van der Waals surface area contributed by atoms with Gasteiger partial charge in [0.05, 0.1) is 11.9 Å². The van der Waals surface area contributed by atoms with E-state index in [9.17, 15) is 17.6 Å². The zero-order valence-electron chi connectivity index (χ0n) is 15.2. The van der Waals surface area contributed by atoms with Crippen molar-refractivity contribution < 1.29 is 22.3 Å². The quantitative estimate of drug-likeness (QED) is 0.671. The van der Waals surface area contributed by atoms with Crippen LogP contribution in [0.5, 0.6) is 0 Å². The zero-order chi connectivity index (χ0) is 20.8. The van der Waals surface area contributed by atoms with Crippen LogP contribution >= 0.6 is 0 Å². The Bertz CT molecular complexity index is 1090. The highest BCUT2D eigenvalue weighted by atomic mass is 19.3. The largest absolute Gasteiger partial charge is 0.459 e. The van der Waals surface area contributed by atoms with Crippen LogP contribution < -0.4 is 5.73 Å². The minimum atomic E-state index is -3.46. The third kappa shape index (κ3) is 3.22. The number of ether oxygens (including phenoxy) is 1. The summed E-state index contributed by atoms with van der Waals surface area (Å²) in [4.78, 5) is 3.72. The molecule has 0 fully saturated rings. The predicted octanol–water partition coefficient (Wildman–Crippen LogP) is 4.01. The van der Waals surface area contributed by atoms with Gasteiger partial charge in [-0.05, 0) is 48.9 Å². The van der Waals surface area contributed by atoms with Crippen molar-refractivity contribution in [3.8, 4) is 16.8 Å². The van der Waals surface area contributed by atoms with Crippen molar-refractivity contribution in [1.82, 2.24) is 9.78 Å². The lowest BCUT2D eigenvalue weighted by molar-refractivity contribution is -0.117. The maximum Gasteiger partial charge on any atom is 0.310 e. The number of alkyl halides is 2. The Morgan fingerprint density at radius 1 is 1.07 bits per heavy atom. The summed E-state index contributed by atoms with van der Waals surface area (Å²) >= 11 is 0. The number of amidine groups is 1. The second-order valence-corrected chi connectivity index (χ2v) is 6.86. The lowest BCUT2D eigenvalue weighted by Crippen LogP contribution is -2.51. The van der Waals surface area contributed by atoms with Crippen LogP contribution in [0.25, 0.3) is 16.8 Å². The van der Waals surface area contributed by atoms with Gasteiger partial charge in [0.2, 0.25) is 0 Å². The molecule has 0 saturated carbocycles. The summed E-state index contributed by atoms with van der Waals surface area (Å²) in [6.07, 6.45) is 3.13. The van der Waals surface area contributed by atoms with Crippen LogP contribution in [0.3, 0.4) is 0 Å². The van der Waals surface area contributed by atoms with Gasteiger partial charge in [0, 0.05) is 17.3 Å². The van der Waals surface area contributed by atoms with Crippen LogP contribution in [0.4, 0.5) is 17.6 Å². The van der Waals surface area contributed by atoms with E-state index < -0.39 is 29.9 Å². The summed E-state index contributed by atoms with van der Waals surface area (Å²) in [7, 11) is 0. The number of nitrogens with two attached hydrogens (primary N) is 1. The topological polar surface area (TPSA) is 65.4 Å². The molecule has 150 valence electrons. The van der Waals surface area contributed by atoms with Gasteiger partial charge in [-0.1, -0.05) is 6.07 Å². The van der Waals surface area contributed by atoms with Crippen molar-refractivity contribution in [2.45, 2.75) is 18.4 Å². The minimum Gasteiger partial charge on any atom is -0.459 e. The highest BCUT2D eigenvalue weighted by Gasteiger charge is 2.56. The van der Waals surface area contributed by atoms with E-state index in [0.717, 1.165) is 13.0 Å². The molecule has 0 saturated heterocycles. The van der Waals surface area contributed by atoms with Crippen LogP contribution in [0, 0.1) is 11.6 Å². The Morgan fingerprint density at radius 2 is 1.79 bits per heavy atom. The molecule has 1 unspecified atom stereocenters. The SMILES string of the molecule is CC1(c2cc(-c3cnn(-c4ccc(F)cc4)c3)ccc2F)N=C(N)OCC1(F)F. The number of aliphatic imine (C=N–C) groups is 1. The molecule has 2 N–H and O–H groups in total. The fraction of sp³-hybridized carbons (Fsp3) is 0.200. The molecule has 2 aromatic carbocycles. The maximum absolute atomic E-state index is 14.6. The number of halogens is 4. The van der Waals surface area contributed by atoms with Gasteiger partial charge >= 0.3 is 5.92 Å². The molecule has 0 spiro atoms. The number of benzene rings is 2. The van der Waals surface area contributed by atoms with Gasteiger partial charge in [0.25, 0.3) is 6.02 Å². The Labute approximate surface area is 163 Å². The van der Waals surface area contributed by atoms with E-state index in [1.807, 2.05) is 0 Å². The molecule has 9 heteroatoms. The molecule has 0 radical (unpaired) electrons. The number of hydrogen-bond donors (Lipinski definition) is 1.